The first kappa shape index (κ1) is 30.2. The summed E-state index contributed by atoms with van der Waals surface area (Å²) in [5.74, 6) is -1.50. The van der Waals surface area contributed by atoms with E-state index in [9.17, 15) is 19.8 Å². The number of benzene rings is 3. The highest BCUT2D eigenvalue weighted by Crippen LogP contribution is 2.38. The Morgan fingerprint density at radius 1 is 1.05 bits per heavy atom. The number of carboxylic acids is 1. The monoisotopic (exact) mass is 563 g/mol. The molecule has 1 saturated heterocycles. The Morgan fingerprint density at radius 2 is 1.68 bits per heavy atom. The molecule has 1 aliphatic heterocycles. The lowest BCUT2D eigenvalue weighted by Crippen LogP contribution is -2.52. The molecule has 0 spiro atoms. The average Bonchev–Trinajstić information content (AvgIpc) is 2.97. The summed E-state index contributed by atoms with van der Waals surface area (Å²) in [5.41, 5.74) is 4.55. The molecule has 1 aliphatic rings. The van der Waals surface area contributed by atoms with Gasteiger partial charge in [0.25, 0.3) is 0 Å². The van der Waals surface area contributed by atoms with Gasteiger partial charge in [-0.15, -0.1) is 0 Å². The van der Waals surface area contributed by atoms with Crippen LogP contribution in [0.2, 0.25) is 0 Å². The zero-order valence-electron chi connectivity index (χ0n) is 23.9. The molecule has 1 atom stereocenters. The second-order valence-corrected chi connectivity index (χ2v) is 10.8. The van der Waals surface area contributed by atoms with Crippen molar-refractivity contribution in [3.63, 3.8) is 0 Å². The zero-order valence-corrected chi connectivity index (χ0v) is 23.9. The molecule has 0 bridgehead atoms. The highest BCUT2D eigenvalue weighted by Gasteiger charge is 2.32. The number of carbonyl (C=O) groups excluding carboxylic acids is 1. The molecule has 218 valence electrons. The van der Waals surface area contributed by atoms with Crippen LogP contribution in [0, 0.1) is 25.6 Å². The van der Waals surface area contributed by atoms with Crippen LogP contribution in [0.4, 0.5) is 10.1 Å². The first-order chi connectivity index (χ1) is 19.6. The Labute approximate surface area is 239 Å². The Morgan fingerprint density at radius 3 is 2.32 bits per heavy atom. The van der Waals surface area contributed by atoms with Crippen molar-refractivity contribution in [3.8, 4) is 28.0 Å². The summed E-state index contributed by atoms with van der Waals surface area (Å²) in [6.45, 7) is 6.18. The van der Waals surface area contributed by atoms with Crippen molar-refractivity contribution >= 4 is 17.6 Å². The summed E-state index contributed by atoms with van der Waals surface area (Å²) < 4.78 is 20.9. The minimum absolute atomic E-state index is 0.00562. The van der Waals surface area contributed by atoms with Gasteiger partial charge in [0.15, 0.2) is 0 Å². The average molecular weight is 564 g/mol. The number of hydrogen-bond acceptors (Lipinski definition) is 6. The molecule has 0 unspecified atom stereocenters. The van der Waals surface area contributed by atoms with Gasteiger partial charge >= 0.3 is 5.97 Å². The molecule has 0 aromatic heterocycles. The number of aliphatic hydroxyl groups excluding tert-OH is 1. The number of methoxy groups -OCH3 is 1. The number of rotatable bonds is 10. The SMILES string of the molecule is COc1cc(-c2cccc(-c3cccc(NC(=O)C4CCNCC4)c3C)c2C)cc(F)c1CN[C@@](C)(CO)C(=O)O. The van der Waals surface area contributed by atoms with Crippen LogP contribution in [0.3, 0.4) is 0 Å². The fourth-order valence-electron chi connectivity index (χ4n) is 5.23. The normalized spacial score (nSPS) is 15.3. The van der Waals surface area contributed by atoms with Crippen molar-refractivity contribution in [2.45, 2.75) is 45.7 Å². The quantitative estimate of drug-likeness (QED) is 0.244. The number of aliphatic hydroxyl groups is 1. The van der Waals surface area contributed by atoms with Gasteiger partial charge < -0.3 is 25.6 Å². The lowest BCUT2D eigenvalue weighted by molar-refractivity contribution is -0.146. The Kier molecular flexibility index (Phi) is 9.42. The summed E-state index contributed by atoms with van der Waals surface area (Å²) in [6.07, 6.45) is 1.64. The second kappa shape index (κ2) is 12.8. The van der Waals surface area contributed by atoms with E-state index in [2.05, 4.69) is 16.0 Å². The molecule has 1 heterocycles. The van der Waals surface area contributed by atoms with Crippen molar-refractivity contribution in [1.29, 1.82) is 0 Å². The molecule has 0 radical (unpaired) electrons. The van der Waals surface area contributed by atoms with Crippen LogP contribution < -0.4 is 20.7 Å². The van der Waals surface area contributed by atoms with Crippen LogP contribution in [0.5, 0.6) is 5.75 Å². The highest BCUT2D eigenvalue weighted by atomic mass is 19.1. The molecule has 4 rings (SSSR count). The molecule has 1 fully saturated rings. The maximum absolute atomic E-state index is 15.4. The van der Waals surface area contributed by atoms with E-state index in [1.807, 2.05) is 50.2 Å². The highest BCUT2D eigenvalue weighted by molar-refractivity contribution is 5.95. The number of hydrogen-bond donors (Lipinski definition) is 5. The van der Waals surface area contributed by atoms with Gasteiger partial charge in [-0.05, 0) is 98.3 Å². The number of amides is 1. The van der Waals surface area contributed by atoms with Crippen LogP contribution >= 0.6 is 0 Å². The van der Waals surface area contributed by atoms with E-state index >= 15 is 4.39 Å². The fourth-order valence-corrected chi connectivity index (χ4v) is 5.23. The van der Waals surface area contributed by atoms with E-state index < -0.39 is 23.9 Å². The van der Waals surface area contributed by atoms with Gasteiger partial charge in [0.2, 0.25) is 5.91 Å². The molecule has 41 heavy (non-hydrogen) atoms. The summed E-state index contributed by atoms with van der Waals surface area (Å²) in [7, 11) is 1.43. The maximum Gasteiger partial charge on any atom is 0.326 e. The smallest absolute Gasteiger partial charge is 0.326 e. The van der Waals surface area contributed by atoms with Gasteiger partial charge in [0.1, 0.15) is 17.1 Å². The lowest BCUT2D eigenvalue weighted by atomic mass is 9.89. The number of carbonyl (C=O) groups is 2. The van der Waals surface area contributed by atoms with E-state index in [4.69, 9.17) is 4.74 Å². The third kappa shape index (κ3) is 6.43. The fraction of sp³-hybridized carbons (Fsp3) is 0.375. The molecule has 3 aromatic rings. The molecule has 3 aromatic carbocycles. The Balaban J connectivity index is 1.65. The Bertz CT molecular complexity index is 1440. The number of aliphatic carboxylic acids is 1. The van der Waals surface area contributed by atoms with Crippen molar-refractivity contribution in [1.82, 2.24) is 10.6 Å². The molecular formula is C32H38FN3O5. The van der Waals surface area contributed by atoms with E-state index in [-0.39, 0.29) is 29.7 Å². The summed E-state index contributed by atoms with van der Waals surface area (Å²) in [4.78, 5) is 24.5. The summed E-state index contributed by atoms with van der Waals surface area (Å²) in [5, 5.41) is 28.1. The number of halogens is 1. The third-order valence-corrected chi connectivity index (χ3v) is 8.05. The summed E-state index contributed by atoms with van der Waals surface area (Å²) >= 11 is 0. The van der Waals surface area contributed by atoms with Crippen molar-refractivity contribution in [2.24, 2.45) is 5.92 Å². The van der Waals surface area contributed by atoms with E-state index in [0.29, 0.717) is 5.56 Å². The van der Waals surface area contributed by atoms with Crippen LogP contribution in [0.15, 0.2) is 48.5 Å². The number of ether oxygens (including phenoxy) is 1. The molecule has 8 nitrogen and oxygen atoms in total. The number of piperidine rings is 1. The lowest BCUT2D eigenvalue weighted by Gasteiger charge is -2.24. The van der Waals surface area contributed by atoms with E-state index in [1.165, 1.54) is 20.1 Å². The minimum atomic E-state index is -1.62. The summed E-state index contributed by atoms with van der Waals surface area (Å²) in [6, 6.07) is 14.8. The first-order valence-electron chi connectivity index (χ1n) is 13.8. The predicted molar refractivity (Wildman–Crippen MR) is 157 cm³/mol. The maximum atomic E-state index is 15.4. The minimum Gasteiger partial charge on any atom is -0.496 e. The molecule has 9 heteroatoms. The van der Waals surface area contributed by atoms with Gasteiger partial charge in [-0.3, -0.25) is 14.9 Å². The van der Waals surface area contributed by atoms with Crippen molar-refractivity contribution < 1.29 is 28.9 Å². The number of carboxylic acid groups (broad SMARTS) is 1. The van der Waals surface area contributed by atoms with Crippen LogP contribution in [0.1, 0.15) is 36.5 Å². The second-order valence-electron chi connectivity index (χ2n) is 10.8. The number of nitrogens with one attached hydrogen (secondary N) is 3. The van der Waals surface area contributed by atoms with Gasteiger partial charge in [-0.2, -0.15) is 0 Å². The van der Waals surface area contributed by atoms with Gasteiger partial charge in [-0.1, -0.05) is 30.3 Å². The molecule has 1 amide bonds. The molecule has 0 aliphatic carbocycles. The zero-order chi connectivity index (χ0) is 29.7. The van der Waals surface area contributed by atoms with Crippen LogP contribution in [-0.2, 0) is 16.1 Å². The van der Waals surface area contributed by atoms with Crippen LogP contribution in [-0.4, -0.2) is 54.4 Å². The Hall–Kier alpha value is -3.79. The van der Waals surface area contributed by atoms with Gasteiger partial charge in [0.05, 0.1) is 13.7 Å². The number of anilines is 1. The van der Waals surface area contributed by atoms with Crippen molar-refractivity contribution in [2.75, 3.05) is 32.1 Å². The largest absolute Gasteiger partial charge is 0.496 e. The van der Waals surface area contributed by atoms with Crippen molar-refractivity contribution in [3.05, 3.63) is 71.0 Å². The van der Waals surface area contributed by atoms with Gasteiger partial charge in [-0.25, -0.2) is 4.39 Å². The van der Waals surface area contributed by atoms with Gasteiger partial charge in [0, 0.05) is 23.7 Å². The van der Waals surface area contributed by atoms with E-state index in [1.54, 1.807) is 6.07 Å². The predicted octanol–water partition coefficient (Wildman–Crippen LogP) is 4.65. The molecular weight excluding hydrogens is 525 g/mol. The van der Waals surface area contributed by atoms with E-state index in [0.717, 1.165) is 59.4 Å². The topological polar surface area (TPSA) is 120 Å². The van der Waals surface area contributed by atoms with Crippen LogP contribution in [0.25, 0.3) is 22.3 Å². The third-order valence-electron chi connectivity index (χ3n) is 8.05. The first-order valence-corrected chi connectivity index (χ1v) is 13.8. The molecule has 5 N–H and O–H groups in total. The standard InChI is InChI=1S/C32H38FN3O5/c1-19-23(22-15-27(33)26(29(16-22)41-4)17-35-32(3,18-37)31(39)40)7-5-8-24(19)25-9-6-10-28(20(25)2)36-30(38)21-11-13-34-14-12-21/h5-10,15-16,21,34-35,37H,11-14,17-18H2,1-4H3,(H,36,38)(H,39,40)/t32-/m0/s1. The molecule has 0 saturated carbocycles.